The van der Waals surface area contributed by atoms with Crippen LogP contribution in [0.2, 0.25) is 5.15 Å². The Hall–Kier alpha value is -1.01. The van der Waals surface area contributed by atoms with Crippen molar-refractivity contribution in [3.05, 3.63) is 17.0 Å². The van der Waals surface area contributed by atoms with Crippen molar-refractivity contribution in [1.82, 2.24) is 9.97 Å². The summed E-state index contributed by atoms with van der Waals surface area (Å²) in [5.41, 5.74) is 0. The van der Waals surface area contributed by atoms with E-state index in [1.807, 2.05) is 18.7 Å². The third-order valence-corrected chi connectivity index (χ3v) is 4.16. The molecule has 0 bridgehead atoms. The summed E-state index contributed by atoms with van der Waals surface area (Å²) in [4.78, 5) is 10.2. The fourth-order valence-corrected chi connectivity index (χ4v) is 2.76. The molecular weight excluding hydrogens is 300 g/mol. The summed E-state index contributed by atoms with van der Waals surface area (Å²) in [7, 11) is 1.80. The lowest BCUT2D eigenvalue weighted by molar-refractivity contribution is -0.0885. The monoisotopic (exact) mass is 319 g/mol. The summed E-state index contributed by atoms with van der Waals surface area (Å²) in [6, 6.07) is 1.47. The van der Waals surface area contributed by atoms with Gasteiger partial charge in [0.2, 0.25) is 5.92 Å². The average molecular weight is 320 g/mol. The van der Waals surface area contributed by atoms with Gasteiger partial charge in [0.1, 0.15) is 16.8 Å². The third-order valence-electron chi connectivity index (χ3n) is 3.97. The van der Waals surface area contributed by atoms with Crippen molar-refractivity contribution in [2.45, 2.75) is 44.6 Å². The number of likely N-dealkylation sites (N-methyl/N-ethyl adjacent to an activating group) is 1. The molecule has 1 N–H and O–H groups in total. The molecule has 1 aliphatic carbocycles. The van der Waals surface area contributed by atoms with Crippen LogP contribution in [0.4, 0.5) is 14.6 Å². The minimum Gasteiger partial charge on any atom is -0.394 e. The summed E-state index contributed by atoms with van der Waals surface area (Å²) < 4.78 is 26.0. The molecule has 0 saturated heterocycles. The van der Waals surface area contributed by atoms with Gasteiger partial charge in [-0.3, -0.25) is 0 Å². The van der Waals surface area contributed by atoms with Crippen LogP contribution in [0.3, 0.4) is 0 Å². The first-order chi connectivity index (χ1) is 9.73. The Kier molecular flexibility index (Phi) is 4.68. The molecule has 1 aromatic rings. The highest BCUT2D eigenvalue weighted by molar-refractivity contribution is 6.29. The SMILES string of the molecule is CC(C)[C@@H](CO)N(C)c1cc(Cl)nc(C2CC(F)(F)C2)n1. The molecule has 0 aromatic carbocycles. The van der Waals surface area contributed by atoms with Crippen molar-refractivity contribution in [3.8, 4) is 0 Å². The number of halogens is 3. The van der Waals surface area contributed by atoms with E-state index in [4.69, 9.17) is 11.6 Å². The van der Waals surface area contributed by atoms with E-state index in [9.17, 15) is 13.9 Å². The molecule has 4 nitrogen and oxygen atoms in total. The maximum atomic E-state index is 13.0. The maximum Gasteiger partial charge on any atom is 0.249 e. The number of rotatable bonds is 5. The molecule has 1 atom stereocenters. The molecule has 0 radical (unpaired) electrons. The first kappa shape index (κ1) is 16.4. The highest BCUT2D eigenvalue weighted by Crippen LogP contribution is 2.47. The number of nitrogens with zero attached hydrogens (tertiary/aromatic N) is 3. The van der Waals surface area contributed by atoms with Crippen LogP contribution in [0.1, 0.15) is 38.4 Å². The van der Waals surface area contributed by atoms with Gasteiger partial charge in [-0.2, -0.15) is 0 Å². The van der Waals surface area contributed by atoms with Crippen LogP contribution >= 0.6 is 11.6 Å². The molecule has 1 aromatic heterocycles. The standard InChI is InChI=1S/C14H20ClF2N3O/c1-8(2)10(7-21)20(3)12-4-11(15)18-13(19-12)9-5-14(16,17)6-9/h4,8-10,21H,5-7H2,1-3H3/t10-/m1/s1. The van der Waals surface area contributed by atoms with Gasteiger partial charge in [-0.15, -0.1) is 0 Å². The van der Waals surface area contributed by atoms with Gasteiger partial charge in [0.15, 0.2) is 0 Å². The largest absolute Gasteiger partial charge is 0.394 e. The molecule has 1 aliphatic rings. The lowest BCUT2D eigenvalue weighted by atomic mass is 9.81. The molecule has 1 heterocycles. The van der Waals surface area contributed by atoms with E-state index >= 15 is 0 Å². The number of hydrogen-bond donors (Lipinski definition) is 1. The quantitative estimate of drug-likeness (QED) is 0.847. The fourth-order valence-electron chi connectivity index (χ4n) is 2.58. The van der Waals surface area contributed by atoms with E-state index in [-0.39, 0.29) is 42.5 Å². The number of aliphatic hydroxyl groups excluding tert-OH is 1. The predicted molar refractivity (Wildman–Crippen MR) is 78.1 cm³/mol. The lowest BCUT2D eigenvalue weighted by Gasteiger charge is -2.35. The van der Waals surface area contributed by atoms with Crippen molar-refractivity contribution in [2.75, 3.05) is 18.6 Å². The molecule has 0 unspecified atom stereocenters. The summed E-state index contributed by atoms with van der Waals surface area (Å²) in [6.07, 6.45) is -0.464. The van der Waals surface area contributed by atoms with E-state index in [0.717, 1.165) is 0 Å². The van der Waals surface area contributed by atoms with Gasteiger partial charge in [-0.25, -0.2) is 18.7 Å². The summed E-state index contributed by atoms with van der Waals surface area (Å²) in [5, 5.41) is 9.72. The van der Waals surface area contributed by atoms with Crippen LogP contribution in [-0.4, -0.2) is 40.7 Å². The Labute approximate surface area is 128 Å². The Balaban J connectivity index is 2.23. The Morgan fingerprint density at radius 2 is 2.05 bits per heavy atom. The average Bonchev–Trinajstić information content (AvgIpc) is 2.35. The van der Waals surface area contributed by atoms with Gasteiger partial charge < -0.3 is 10.0 Å². The second kappa shape index (κ2) is 6.01. The van der Waals surface area contributed by atoms with Crippen molar-refractivity contribution in [3.63, 3.8) is 0 Å². The van der Waals surface area contributed by atoms with Crippen molar-refractivity contribution < 1.29 is 13.9 Å². The van der Waals surface area contributed by atoms with Crippen LogP contribution in [0.15, 0.2) is 6.07 Å². The summed E-state index contributed by atoms with van der Waals surface area (Å²) in [6.45, 7) is 3.97. The summed E-state index contributed by atoms with van der Waals surface area (Å²) in [5.74, 6) is -1.85. The van der Waals surface area contributed by atoms with Crippen molar-refractivity contribution in [2.24, 2.45) is 5.92 Å². The molecule has 2 rings (SSSR count). The zero-order chi connectivity index (χ0) is 15.8. The van der Waals surface area contributed by atoms with E-state index in [2.05, 4.69) is 9.97 Å². The molecule has 1 saturated carbocycles. The Morgan fingerprint density at radius 1 is 1.43 bits per heavy atom. The number of aliphatic hydroxyl groups is 1. The normalized spacial score (nSPS) is 19.4. The maximum absolute atomic E-state index is 13.0. The van der Waals surface area contributed by atoms with Gasteiger partial charge in [-0.1, -0.05) is 25.4 Å². The highest BCUT2D eigenvalue weighted by atomic mass is 35.5. The number of anilines is 1. The first-order valence-electron chi connectivity index (χ1n) is 6.99. The topological polar surface area (TPSA) is 49.2 Å². The van der Waals surface area contributed by atoms with Crippen LogP contribution in [-0.2, 0) is 0 Å². The minimum absolute atomic E-state index is 0.0212. The predicted octanol–water partition coefficient (Wildman–Crippen LogP) is 3.10. The van der Waals surface area contributed by atoms with E-state index in [0.29, 0.717) is 11.6 Å². The highest BCUT2D eigenvalue weighted by Gasteiger charge is 2.47. The summed E-state index contributed by atoms with van der Waals surface area (Å²) >= 11 is 5.99. The van der Waals surface area contributed by atoms with Crippen LogP contribution < -0.4 is 4.90 Å². The second-order valence-corrected chi connectivity index (χ2v) is 6.36. The number of aromatic nitrogens is 2. The lowest BCUT2D eigenvalue weighted by Crippen LogP contribution is -2.40. The molecule has 0 amide bonds. The van der Waals surface area contributed by atoms with Gasteiger partial charge >= 0.3 is 0 Å². The van der Waals surface area contributed by atoms with Crippen LogP contribution in [0, 0.1) is 5.92 Å². The van der Waals surface area contributed by atoms with E-state index < -0.39 is 5.92 Å². The Morgan fingerprint density at radius 3 is 2.52 bits per heavy atom. The molecule has 0 aliphatic heterocycles. The smallest absolute Gasteiger partial charge is 0.249 e. The van der Waals surface area contributed by atoms with E-state index in [1.54, 1.807) is 13.1 Å². The zero-order valence-corrected chi connectivity index (χ0v) is 13.1. The van der Waals surface area contributed by atoms with Crippen LogP contribution in [0.25, 0.3) is 0 Å². The molecule has 21 heavy (non-hydrogen) atoms. The first-order valence-corrected chi connectivity index (χ1v) is 7.37. The third kappa shape index (κ3) is 3.61. The molecule has 0 spiro atoms. The van der Waals surface area contributed by atoms with E-state index in [1.165, 1.54) is 0 Å². The van der Waals surface area contributed by atoms with Crippen LogP contribution in [0.5, 0.6) is 0 Å². The Bertz CT molecular complexity index is 505. The number of hydrogen-bond acceptors (Lipinski definition) is 4. The molecule has 118 valence electrons. The van der Waals surface area contributed by atoms with Crippen molar-refractivity contribution in [1.29, 1.82) is 0 Å². The minimum atomic E-state index is -2.62. The zero-order valence-electron chi connectivity index (χ0n) is 12.4. The molecular formula is C14H20ClF2N3O. The fraction of sp³-hybridized carbons (Fsp3) is 0.714. The van der Waals surface area contributed by atoms with Gasteiger partial charge in [0, 0.05) is 31.9 Å². The molecule has 1 fully saturated rings. The molecule has 7 heteroatoms. The number of alkyl halides is 2. The second-order valence-electron chi connectivity index (χ2n) is 5.97. The van der Waals surface area contributed by atoms with Gasteiger partial charge in [0.05, 0.1) is 12.6 Å². The van der Waals surface area contributed by atoms with Gasteiger partial charge in [-0.05, 0) is 5.92 Å². The van der Waals surface area contributed by atoms with Crippen molar-refractivity contribution >= 4 is 17.4 Å². The van der Waals surface area contributed by atoms with Gasteiger partial charge in [0.25, 0.3) is 0 Å².